The summed E-state index contributed by atoms with van der Waals surface area (Å²) in [5, 5.41) is 2.87. The lowest BCUT2D eigenvalue weighted by atomic mass is 9.95. The molecule has 1 aromatic rings. The largest absolute Gasteiger partial charge is 0.460 e. The van der Waals surface area contributed by atoms with Crippen LogP contribution in [0.3, 0.4) is 0 Å². The number of nitrogens with one attached hydrogen (secondary N) is 1. The third-order valence-electron chi connectivity index (χ3n) is 10.2. The van der Waals surface area contributed by atoms with E-state index in [9.17, 15) is 28.8 Å². The van der Waals surface area contributed by atoms with Gasteiger partial charge in [0.05, 0.1) is 5.92 Å². The van der Waals surface area contributed by atoms with Gasteiger partial charge < -0.3 is 29.5 Å². The van der Waals surface area contributed by atoms with E-state index in [2.05, 4.69) is 11.2 Å². The Balaban J connectivity index is 2.17. The summed E-state index contributed by atoms with van der Waals surface area (Å²) >= 11 is 0. The molecule has 0 spiro atoms. The van der Waals surface area contributed by atoms with Crippen LogP contribution in [0.25, 0.3) is 0 Å². The minimum atomic E-state index is -1.24. The third kappa shape index (κ3) is 10.1. The molecule has 4 amide bonds. The first kappa shape index (κ1) is 42.0. The van der Waals surface area contributed by atoms with Gasteiger partial charge >= 0.3 is 11.9 Å². The number of likely N-dealkylation sites (N-methyl/N-ethyl adjacent to an activating group) is 2. The van der Waals surface area contributed by atoms with Crippen molar-refractivity contribution in [3.05, 3.63) is 35.9 Å². The number of fused-ring (bicyclic) bond motifs is 1. The van der Waals surface area contributed by atoms with E-state index in [4.69, 9.17) is 15.9 Å². The number of hydrogen-bond acceptors (Lipinski definition) is 8. The van der Waals surface area contributed by atoms with Gasteiger partial charge in [0, 0.05) is 33.5 Å². The summed E-state index contributed by atoms with van der Waals surface area (Å²) in [5.74, 6) is -3.00. The van der Waals surface area contributed by atoms with E-state index < -0.39 is 89.7 Å². The van der Waals surface area contributed by atoms with Crippen LogP contribution in [0.1, 0.15) is 86.1 Å². The average Bonchev–Trinajstić information content (AvgIpc) is 3.59. The molecular formula is C40H58N4O8. The smallest absolute Gasteiger partial charge is 0.329 e. The van der Waals surface area contributed by atoms with E-state index in [1.807, 2.05) is 30.3 Å². The highest BCUT2D eigenvalue weighted by atomic mass is 16.6. The molecule has 2 saturated heterocycles. The first-order chi connectivity index (χ1) is 24.5. The van der Waals surface area contributed by atoms with E-state index in [1.165, 1.54) is 28.8 Å². The van der Waals surface area contributed by atoms with Crippen LogP contribution in [0.4, 0.5) is 0 Å². The lowest BCUT2D eigenvalue weighted by molar-refractivity contribution is -0.171. The molecule has 3 unspecified atom stereocenters. The third-order valence-corrected chi connectivity index (χ3v) is 10.2. The van der Waals surface area contributed by atoms with Crippen molar-refractivity contribution in [2.75, 3.05) is 20.6 Å². The number of carbonyl (C=O) groups excluding carboxylic acids is 6. The Labute approximate surface area is 309 Å². The number of benzene rings is 1. The summed E-state index contributed by atoms with van der Waals surface area (Å²) in [5.41, 5.74) is 0.762. The zero-order valence-corrected chi connectivity index (χ0v) is 32.3. The molecule has 7 atom stereocenters. The standard InChI is InChI=1S/C40H58N4O8/c1-11-12-14-21-31-27(8)35(45)41-32(24(2)3)37(47)42(9)30(23-28-18-15-13-16-19-28)39(49)52-34(26(6)7)38(48)44-22-17-20-29(44)36(46)43(10)33(25(4)5)40(50)51-31/h1,13,15-16,18-19,24-27,29-34H,12,14,17,20-23H2,2-10H3,(H,41,45)/t27?,29?,30-,31?,32-,33-,34-/m0/s1. The van der Waals surface area contributed by atoms with Crippen molar-refractivity contribution >= 4 is 35.6 Å². The van der Waals surface area contributed by atoms with Crippen molar-refractivity contribution in [1.29, 1.82) is 0 Å². The minimum absolute atomic E-state index is 0.0928. The zero-order valence-electron chi connectivity index (χ0n) is 32.3. The summed E-state index contributed by atoms with van der Waals surface area (Å²) in [4.78, 5) is 88.7. The number of unbranched alkanes of at least 4 members (excludes halogenated alkanes) is 1. The fourth-order valence-electron chi connectivity index (χ4n) is 6.97. The summed E-state index contributed by atoms with van der Waals surface area (Å²) in [6, 6.07) is 5.05. The topological polar surface area (TPSA) is 143 Å². The van der Waals surface area contributed by atoms with Crippen LogP contribution in [0.15, 0.2) is 30.3 Å². The molecule has 0 bridgehead atoms. The fraction of sp³-hybridized carbons (Fsp3) is 0.650. The van der Waals surface area contributed by atoms with Crippen LogP contribution < -0.4 is 5.32 Å². The van der Waals surface area contributed by atoms with Gasteiger partial charge in [-0.1, -0.05) is 78.8 Å². The minimum Gasteiger partial charge on any atom is -0.460 e. The Morgan fingerprint density at radius 3 is 2.08 bits per heavy atom. The van der Waals surface area contributed by atoms with Crippen LogP contribution in [-0.4, -0.2) is 107 Å². The van der Waals surface area contributed by atoms with Crippen molar-refractivity contribution in [3.63, 3.8) is 0 Å². The molecule has 1 N–H and O–H groups in total. The normalized spacial score (nSPS) is 27.5. The zero-order chi connectivity index (χ0) is 38.9. The molecule has 0 radical (unpaired) electrons. The number of ether oxygens (including phenoxy) is 2. The highest BCUT2D eigenvalue weighted by Gasteiger charge is 2.45. The predicted molar refractivity (Wildman–Crippen MR) is 196 cm³/mol. The molecule has 52 heavy (non-hydrogen) atoms. The molecule has 1 aromatic carbocycles. The first-order valence-electron chi connectivity index (χ1n) is 18.5. The van der Waals surface area contributed by atoms with Gasteiger partial charge in [-0.3, -0.25) is 19.2 Å². The molecule has 2 heterocycles. The van der Waals surface area contributed by atoms with Crippen LogP contribution in [-0.2, 0) is 44.7 Å². The molecule has 12 nitrogen and oxygen atoms in total. The molecule has 12 heteroatoms. The van der Waals surface area contributed by atoms with E-state index in [0.29, 0.717) is 25.7 Å². The Bertz CT molecular complexity index is 1470. The van der Waals surface area contributed by atoms with E-state index in [1.54, 1.807) is 48.5 Å². The molecule has 0 aromatic heterocycles. The number of rotatable bonds is 8. The molecule has 2 fully saturated rings. The number of cyclic esters (lactones) is 2. The van der Waals surface area contributed by atoms with Crippen molar-refractivity contribution in [3.8, 4) is 12.3 Å². The van der Waals surface area contributed by atoms with Gasteiger partial charge in [0.15, 0.2) is 6.10 Å². The van der Waals surface area contributed by atoms with Crippen molar-refractivity contribution < 1.29 is 38.2 Å². The van der Waals surface area contributed by atoms with Gasteiger partial charge in [-0.15, -0.1) is 12.3 Å². The Morgan fingerprint density at radius 2 is 1.50 bits per heavy atom. The summed E-state index contributed by atoms with van der Waals surface area (Å²) in [6.45, 7) is 12.6. The lowest BCUT2D eigenvalue weighted by Crippen LogP contribution is -2.57. The van der Waals surface area contributed by atoms with Gasteiger partial charge in [0.25, 0.3) is 5.91 Å². The van der Waals surface area contributed by atoms with Crippen molar-refractivity contribution in [2.45, 2.75) is 123 Å². The van der Waals surface area contributed by atoms with E-state index in [-0.39, 0.29) is 25.3 Å². The van der Waals surface area contributed by atoms with Gasteiger partial charge in [0.1, 0.15) is 30.3 Å². The lowest BCUT2D eigenvalue weighted by Gasteiger charge is -2.36. The predicted octanol–water partition coefficient (Wildman–Crippen LogP) is 3.60. The second-order valence-electron chi connectivity index (χ2n) is 15.2. The van der Waals surface area contributed by atoms with Gasteiger partial charge in [-0.25, -0.2) is 9.59 Å². The van der Waals surface area contributed by atoms with Crippen molar-refractivity contribution in [2.24, 2.45) is 23.7 Å². The molecule has 0 aliphatic carbocycles. The Kier molecular flexibility index (Phi) is 15.3. The summed E-state index contributed by atoms with van der Waals surface area (Å²) in [7, 11) is 3.00. The fourth-order valence-corrected chi connectivity index (χ4v) is 6.97. The van der Waals surface area contributed by atoms with Crippen LogP contribution in [0, 0.1) is 36.0 Å². The van der Waals surface area contributed by atoms with Gasteiger partial charge in [0.2, 0.25) is 17.7 Å². The maximum absolute atomic E-state index is 14.3. The number of terminal acetylenes is 1. The quantitative estimate of drug-likeness (QED) is 0.244. The van der Waals surface area contributed by atoms with Crippen LogP contribution >= 0.6 is 0 Å². The number of amides is 4. The second kappa shape index (κ2) is 18.9. The van der Waals surface area contributed by atoms with E-state index in [0.717, 1.165) is 5.56 Å². The molecule has 2 aliphatic heterocycles. The summed E-state index contributed by atoms with van der Waals surface area (Å²) in [6.07, 6.45) is 5.50. The van der Waals surface area contributed by atoms with Crippen molar-refractivity contribution in [1.82, 2.24) is 20.0 Å². The SMILES string of the molecule is C#CCCCC1OC(=O)[C@H](C(C)C)N(C)C(=O)C2CCCN2C(=O)[C@H](C(C)C)OC(=O)[C@H](Cc2ccccc2)N(C)C(=O)[C@H](C(C)C)NC(=O)C1C. The Morgan fingerprint density at radius 1 is 0.846 bits per heavy atom. The number of hydrogen-bond donors (Lipinski definition) is 1. The molecular weight excluding hydrogens is 664 g/mol. The number of nitrogens with zero attached hydrogens (tertiary/aromatic N) is 3. The average molecular weight is 723 g/mol. The second-order valence-corrected chi connectivity index (χ2v) is 15.2. The maximum Gasteiger partial charge on any atom is 0.329 e. The molecule has 0 saturated carbocycles. The molecule has 2 aliphatic rings. The first-order valence-corrected chi connectivity index (χ1v) is 18.5. The highest BCUT2D eigenvalue weighted by Crippen LogP contribution is 2.27. The number of carbonyl (C=O) groups is 6. The highest BCUT2D eigenvalue weighted by molar-refractivity contribution is 5.95. The molecule has 3 rings (SSSR count). The Hall–Kier alpha value is -4.40. The van der Waals surface area contributed by atoms with Crippen LogP contribution in [0.2, 0.25) is 0 Å². The van der Waals surface area contributed by atoms with Gasteiger partial charge in [-0.2, -0.15) is 0 Å². The summed E-state index contributed by atoms with van der Waals surface area (Å²) < 4.78 is 12.1. The molecule has 286 valence electrons. The maximum atomic E-state index is 14.3. The monoisotopic (exact) mass is 722 g/mol. The van der Waals surface area contributed by atoms with E-state index >= 15 is 0 Å². The number of esters is 2. The van der Waals surface area contributed by atoms with Crippen LogP contribution in [0.5, 0.6) is 0 Å². The van der Waals surface area contributed by atoms with Gasteiger partial charge in [-0.05, 0) is 49.0 Å².